The number of nitrogens with zero attached hydrogens (tertiary/aromatic N) is 2. The van der Waals surface area contributed by atoms with E-state index in [1.54, 1.807) is 0 Å². The Balaban J connectivity index is 1.04. The molecule has 0 fully saturated rings. The van der Waals surface area contributed by atoms with E-state index in [1.807, 2.05) is 0 Å². The van der Waals surface area contributed by atoms with Gasteiger partial charge in [0.2, 0.25) is 0 Å². The Morgan fingerprint density at radius 2 is 0.609 bits per heavy atom. The summed E-state index contributed by atoms with van der Waals surface area (Å²) >= 11 is 0. The van der Waals surface area contributed by atoms with Crippen molar-refractivity contribution in [1.82, 2.24) is 0 Å². The summed E-state index contributed by atoms with van der Waals surface area (Å²) in [7, 11) is 0. The number of benzene rings is 10. The first-order valence-corrected chi connectivity index (χ1v) is 24.4. The van der Waals surface area contributed by atoms with Crippen LogP contribution < -0.4 is 9.80 Å². The molecule has 0 bridgehead atoms. The van der Waals surface area contributed by atoms with Crippen LogP contribution in [0.2, 0.25) is 0 Å². The lowest BCUT2D eigenvalue weighted by Gasteiger charge is -2.35. The van der Waals surface area contributed by atoms with Crippen LogP contribution in [0.25, 0.3) is 44.5 Å². The first-order valence-electron chi connectivity index (χ1n) is 24.4. The van der Waals surface area contributed by atoms with Crippen LogP contribution in [-0.2, 0) is 16.2 Å². The molecule has 1 unspecified atom stereocenters. The normalized spacial score (nSPS) is 16.4. The molecule has 0 aliphatic heterocycles. The molecule has 14 rings (SSSR count). The van der Waals surface area contributed by atoms with E-state index in [0.717, 1.165) is 28.4 Å². The van der Waals surface area contributed by atoms with Crippen LogP contribution in [0.1, 0.15) is 72.2 Å². The van der Waals surface area contributed by atoms with Crippen molar-refractivity contribution in [1.29, 1.82) is 0 Å². The zero-order valence-electron chi connectivity index (χ0n) is 39.3. The molecule has 328 valence electrons. The number of para-hydroxylation sites is 2. The monoisotopic (exact) mass is 882 g/mol. The third kappa shape index (κ3) is 5.37. The van der Waals surface area contributed by atoms with Crippen LogP contribution in [0.5, 0.6) is 0 Å². The SMILES string of the molecule is CC1(C)c2ccccc2-c2ccc(N(c3ccc4c(c3)C3(c5ccccc5-c5ccc(N(c6ccccc6)c6ccccc6)cc53)c3ccccc3-4)c3cccc4c3C(C)(C)c3ccccc3-4)cc21. The summed E-state index contributed by atoms with van der Waals surface area (Å²) in [5, 5.41) is 0. The highest BCUT2D eigenvalue weighted by Gasteiger charge is 2.52. The molecule has 0 amide bonds. The maximum Gasteiger partial charge on any atom is 0.0727 e. The summed E-state index contributed by atoms with van der Waals surface area (Å²) in [5.41, 5.74) is 27.1. The topological polar surface area (TPSA) is 6.48 Å². The molecule has 4 aliphatic rings. The van der Waals surface area contributed by atoms with Crippen LogP contribution in [0.15, 0.2) is 231 Å². The fraction of sp³-hybridized carbons (Fsp3) is 0.104. The third-order valence-electron chi connectivity index (χ3n) is 16.2. The van der Waals surface area contributed by atoms with Crippen LogP contribution in [0, 0.1) is 0 Å². The molecule has 10 aromatic carbocycles. The first kappa shape index (κ1) is 39.9. The summed E-state index contributed by atoms with van der Waals surface area (Å²) < 4.78 is 0. The van der Waals surface area contributed by atoms with Gasteiger partial charge in [0.1, 0.15) is 0 Å². The molecule has 1 atom stereocenters. The maximum absolute atomic E-state index is 2.59. The molecular weight excluding hydrogens is 833 g/mol. The highest BCUT2D eigenvalue weighted by molar-refractivity contribution is 5.99. The lowest BCUT2D eigenvalue weighted by atomic mass is 9.70. The number of fused-ring (bicyclic) bond motifs is 16. The van der Waals surface area contributed by atoms with Crippen molar-refractivity contribution < 1.29 is 0 Å². The minimum atomic E-state index is -0.579. The summed E-state index contributed by atoms with van der Waals surface area (Å²) in [6.07, 6.45) is 0. The highest BCUT2D eigenvalue weighted by atomic mass is 15.2. The molecule has 0 N–H and O–H groups in total. The number of hydrogen-bond acceptors (Lipinski definition) is 2. The van der Waals surface area contributed by atoms with Crippen molar-refractivity contribution >= 4 is 34.1 Å². The molecule has 0 aromatic heterocycles. The molecule has 2 nitrogen and oxygen atoms in total. The predicted molar refractivity (Wildman–Crippen MR) is 287 cm³/mol. The fourth-order valence-electron chi connectivity index (χ4n) is 13.3. The smallest absolute Gasteiger partial charge is 0.0727 e. The Bertz CT molecular complexity index is 3700. The Morgan fingerprint density at radius 1 is 0.246 bits per heavy atom. The van der Waals surface area contributed by atoms with Crippen molar-refractivity contribution in [3.63, 3.8) is 0 Å². The summed E-state index contributed by atoms with van der Waals surface area (Å²) in [6, 6.07) is 86.7. The van der Waals surface area contributed by atoms with E-state index in [-0.39, 0.29) is 10.8 Å². The molecule has 10 aromatic rings. The first-order chi connectivity index (χ1) is 33.8. The van der Waals surface area contributed by atoms with Gasteiger partial charge in [-0.3, -0.25) is 0 Å². The van der Waals surface area contributed by atoms with Gasteiger partial charge in [-0.1, -0.05) is 191 Å². The molecule has 0 saturated heterocycles. The van der Waals surface area contributed by atoms with E-state index in [9.17, 15) is 0 Å². The van der Waals surface area contributed by atoms with Gasteiger partial charge in [0.25, 0.3) is 0 Å². The average molecular weight is 883 g/mol. The summed E-state index contributed by atoms with van der Waals surface area (Å²) in [6.45, 7) is 9.60. The lowest BCUT2D eigenvalue weighted by Crippen LogP contribution is -2.27. The van der Waals surface area contributed by atoms with Crippen LogP contribution in [-0.4, -0.2) is 0 Å². The number of hydrogen-bond donors (Lipinski definition) is 0. The number of rotatable bonds is 6. The van der Waals surface area contributed by atoms with E-state index in [1.165, 1.54) is 94.7 Å². The van der Waals surface area contributed by atoms with Crippen molar-refractivity contribution in [2.45, 2.75) is 43.9 Å². The van der Waals surface area contributed by atoms with E-state index in [0.29, 0.717) is 0 Å². The maximum atomic E-state index is 2.59. The van der Waals surface area contributed by atoms with Crippen LogP contribution >= 0.6 is 0 Å². The van der Waals surface area contributed by atoms with E-state index < -0.39 is 5.41 Å². The molecule has 1 spiro atoms. The van der Waals surface area contributed by atoms with E-state index >= 15 is 0 Å². The molecule has 4 aliphatic carbocycles. The van der Waals surface area contributed by atoms with Gasteiger partial charge in [0.15, 0.2) is 0 Å². The average Bonchev–Trinajstić information content (AvgIpc) is 4.02. The van der Waals surface area contributed by atoms with Crippen LogP contribution in [0.4, 0.5) is 34.1 Å². The van der Waals surface area contributed by atoms with Gasteiger partial charge in [0.05, 0.1) is 11.1 Å². The largest absolute Gasteiger partial charge is 0.310 e. The zero-order chi connectivity index (χ0) is 46.2. The van der Waals surface area contributed by atoms with Crippen molar-refractivity contribution in [3.8, 4) is 44.5 Å². The quantitative estimate of drug-likeness (QED) is 0.164. The van der Waals surface area contributed by atoms with Crippen molar-refractivity contribution in [3.05, 3.63) is 275 Å². The van der Waals surface area contributed by atoms with Crippen molar-refractivity contribution in [2.24, 2.45) is 0 Å². The Labute approximate surface area is 405 Å². The molecule has 0 saturated carbocycles. The molecular formula is C67H50N2. The third-order valence-corrected chi connectivity index (χ3v) is 16.2. The minimum Gasteiger partial charge on any atom is -0.310 e. The molecule has 69 heavy (non-hydrogen) atoms. The summed E-state index contributed by atoms with van der Waals surface area (Å²) in [5.74, 6) is 0. The van der Waals surface area contributed by atoms with Gasteiger partial charge < -0.3 is 9.80 Å². The Morgan fingerprint density at radius 3 is 1.13 bits per heavy atom. The van der Waals surface area contributed by atoms with Crippen molar-refractivity contribution in [2.75, 3.05) is 9.80 Å². The highest BCUT2D eigenvalue weighted by Crippen LogP contribution is 2.65. The lowest BCUT2D eigenvalue weighted by molar-refractivity contribution is 0.658. The molecule has 0 heterocycles. The second-order valence-corrected chi connectivity index (χ2v) is 20.4. The summed E-state index contributed by atoms with van der Waals surface area (Å²) in [4.78, 5) is 4.99. The standard InChI is InChI=1S/C67H50N2/c1-65(2)56-29-15-11-24-48(56)52-37-35-46(40-60(52)65)69(63-33-19-28-55-51-27-12-16-30-57(51)66(3,4)64(55)63)47-36-39-54-50-26-14-18-32-59(50)67(62(54)42-47)58-31-17-13-25-49(58)53-38-34-45(41-61(53)67)68(43-20-7-5-8-21-43)44-22-9-6-10-23-44/h5-42H,1-4H3. The van der Waals surface area contributed by atoms with Gasteiger partial charge in [-0.15, -0.1) is 0 Å². The van der Waals surface area contributed by atoms with Gasteiger partial charge in [-0.05, 0) is 156 Å². The molecule has 2 heteroatoms. The number of anilines is 6. The van der Waals surface area contributed by atoms with E-state index in [4.69, 9.17) is 0 Å². The van der Waals surface area contributed by atoms with Gasteiger partial charge in [-0.2, -0.15) is 0 Å². The minimum absolute atomic E-state index is 0.159. The van der Waals surface area contributed by atoms with Crippen LogP contribution in [0.3, 0.4) is 0 Å². The Hall–Kier alpha value is -8.20. The second kappa shape index (κ2) is 14.4. The van der Waals surface area contributed by atoms with Gasteiger partial charge >= 0.3 is 0 Å². The van der Waals surface area contributed by atoms with Gasteiger partial charge in [0, 0.05) is 39.3 Å². The molecule has 0 radical (unpaired) electrons. The second-order valence-electron chi connectivity index (χ2n) is 20.4. The fourth-order valence-corrected chi connectivity index (χ4v) is 13.3. The Kier molecular flexibility index (Phi) is 8.33. The predicted octanol–water partition coefficient (Wildman–Crippen LogP) is 17.6. The zero-order valence-corrected chi connectivity index (χ0v) is 39.3. The van der Waals surface area contributed by atoms with E-state index in [2.05, 4.69) is 268 Å². The van der Waals surface area contributed by atoms with Gasteiger partial charge in [-0.25, -0.2) is 0 Å².